The third-order valence-electron chi connectivity index (χ3n) is 2.85. The molecule has 0 spiro atoms. The number of nitrogens with one attached hydrogen (secondary N) is 1. The number of aryl methyl sites for hydroxylation is 1. The van der Waals surface area contributed by atoms with Gasteiger partial charge in [-0.3, -0.25) is 0 Å². The molecule has 4 heteroatoms. The van der Waals surface area contributed by atoms with E-state index in [1.54, 1.807) is 0 Å². The van der Waals surface area contributed by atoms with Gasteiger partial charge in [-0.1, -0.05) is 13.8 Å². The average molecular weight is 220 g/mol. The highest BCUT2D eigenvalue weighted by molar-refractivity contribution is 5.33. The molecule has 0 aliphatic carbocycles. The summed E-state index contributed by atoms with van der Waals surface area (Å²) in [7, 11) is 0. The fourth-order valence-electron chi connectivity index (χ4n) is 1.88. The van der Waals surface area contributed by atoms with E-state index in [4.69, 9.17) is 0 Å². The number of piperazine rings is 1. The molecule has 2 rings (SSSR count). The summed E-state index contributed by atoms with van der Waals surface area (Å²) in [5.41, 5.74) is 2.20. The number of anilines is 1. The minimum absolute atomic E-state index is 0.461. The Hall–Kier alpha value is -1.16. The Balaban J connectivity index is 2.25. The number of nitrogens with zero attached hydrogens (tertiary/aromatic N) is 3. The van der Waals surface area contributed by atoms with E-state index in [-0.39, 0.29) is 0 Å². The molecule has 0 saturated carbocycles. The standard InChI is InChI=1S/C12H20N4/c1-9(2)11-8-10(3)14-12(15-11)16-6-4-13-5-7-16/h8-9,13H,4-7H2,1-3H3. The molecule has 1 aromatic rings. The predicted molar refractivity (Wildman–Crippen MR) is 65.9 cm³/mol. The lowest BCUT2D eigenvalue weighted by molar-refractivity contribution is 0.577. The topological polar surface area (TPSA) is 41.1 Å². The van der Waals surface area contributed by atoms with Crippen LogP contribution in [0.4, 0.5) is 5.95 Å². The minimum atomic E-state index is 0.461. The molecule has 1 aliphatic heterocycles. The molecular formula is C12H20N4. The molecule has 1 N–H and O–H groups in total. The van der Waals surface area contributed by atoms with Crippen LogP contribution in [0.15, 0.2) is 6.07 Å². The Morgan fingerprint density at radius 2 is 1.94 bits per heavy atom. The molecule has 88 valence electrons. The smallest absolute Gasteiger partial charge is 0.225 e. The maximum Gasteiger partial charge on any atom is 0.225 e. The van der Waals surface area contributed by atoms with Crippen molar-refractivity contribution < 1.29 is 0 Å². The number of hydrogen-bond acceptors (Lipinski definition) is 4. The van der Waals surface area contributed by atoms with Crippen molar-refractivity contribution in [3.63, 3.8) is 0 Å². The maximum atomic E-state index is 4.64. The second-order valence-electron chi connectivity index (χ2n) is 4.63. The first-order chi connectivity index (χ1) is 7.66. The molecule has 0 aromatic carbocycles. The molecule has 1 fully saturated rings. The van der Waals surface area contributed by atoms with Crippen LogP contribution in [0.25, 0.3) is 0 Å². The van der Waals surface area contributed by atoms with Crippen LogP contribution in [0.5, 0.6) is 0 Å². The van der Waals surface area contributed by atoms with Crippen molar-refractivity contribution in [2.75, 3.05) is 31.1 Å². The van der Waals surface area contributed by atoms with Crippen molar-refractivity contribution in [1.82, 2.24) is 15.3 Å². The average Bonchev–Trinajstić information content (AvgIpc) is 2.29. The molecular weight excluding hydrogens is 200 g/mol. The third-order valence-corrected chi connectivity index (χ3v) is 2.85. The molecule has 0 radical (unpaired) electrons. The van der Waals surface area contributed by atoms with Crippen LogP contribution in [-0.2, 0) is 0 Å². The molecule has 0 unspecified atom stereocenters. The van der Waals surface area contributed by atoms with Gasteiger partial charge in [-0.05, 0) is 18.9 Å². The summed E-state index contributed by atoms with van der Waals surface area (Å²) in [6.45, 7) is 10.4. The molecule has 1 saturated heterocycles. The van der Waals surface area contributed by atoms with E-state index in [0.29, 0.717) is 5.92 Å². The highest BCUT2D eigenvalue weighted by Gasteiger charge is 2.14. The highest BCUT2D eigenvalue weighted by Crippen LogP contribution is 2.17. The minimum Gasteiger partial charge on any atom is -0.338 e. The van der Waals surface area contributed by atoms with Gasteiger partial charge in [0.05, 0.1) is 0 Å². The first-order valence-corrected chi connectivity index (χ1v) is 5.98. The van der Waals surface area contributed by atoms with Gasteiger partial charge in [0, 0.05) is 37.6 Å². The Bertz CT molecular complexity index is 356. The molecule has 16 heavy (non-hydrogen) atoms. The molecule has 1 aliphatic rings. The number of rotatable bonds is 2. The first kappa shape index (κ1) is 11.3. The summed E-state index contributed by atoms with van der Waals surface area (Å²) in [5, 5.41) is 3.34. The zero-order chi connectivity index (χ0) is 11.5. The maximum absolute atomic E-state index is 4.64. The number of hydrogen-bond donors (Lipinski definition) is 1. The fraction of sp³-hybridized carbons (Fsp3) is 0.667. The molecule has 4 nitrogen and oxygen atoms in total. The van der Waals surface area contributed by atoms with E-state index in [0.717, 1.165) is 43.5 Å². The van der Waals surface area contributed by atoms with Crippen molar-refractivity contribution in [1.29, 1.82) is 0 Å². The second-order valence-corrected chi connectivity index (χ2v) is 4.63. The van der Waals surface area contributed by atoms with Gasteiger partial charge in [0.15, 0.2) is 0 Å². The Labute approximate surface area is 97.1 Å². The lowest BCUT2D eigenvalue weighted by Crippen LogP contribution is -2.44. The Morgan fingerprint density at radius 1 is 1.25 bits per heavy atom. The van der Waals surface area contributed by atoms with Gasteiger partial charge in [0.2, 0.25) is 5.95 Å². The quantitative estimate of drug-likeness (QED) is 0.816. The molecule has 0 bridgehead atoms. The van der Waals surface area contributed by atoms with Gasteiger partial charge < -0.3 is 10.2 Å². The van der Waals surface area contributed by atoms with Gasteiger partial charge in [-0.2, -0.15) is 0 Å². The van der Waals surface area contributed by atoms with E-state index < -0.39 is 0 Å². The molecule has 0 amide bonds. The van der Waals surface area contributed by atoms with E-state index in [9.17, 15) is 0 Å². The van der Waals surface area contributed by atoms with Crippen molar-refractivity contribution in [2.24, 2.45) is 0 Å². The van der Waals surface area contributed by atoms with Crippen LogP contribution < -0.4 is 10.2 Å². The first-order valence-electron chi connectivity index (χ1n) is 5.98. The van der Waals surface area contributed by atoms with Crippen molar-refractivity contribution in [2.45, 2.75) is 26.7 Å². The monoisotopic (exact) mass is 220 g/mol. The SMILES string of the molecule is Cc1cc(C(C)C)nc(N2CCNCC2)n1. The fourth-order valence-corrected chi connectivity index (χ4v) is 1.88. The van der Waals surface area contributed by atoms with Gasteiger partial charge in [0.1, 0.15) is 0 Å². The van der Waals surface area contributed by atoms with Crippen molar-refractivity contribution in [3.8, 4) is 0 Å². The zero-order valence-corrected chi connectivity index (χ0v) is 10.3. The Morgan fingerprint density at radius 3 is 2.56 bits per heavy atom. The highest BCUT2D eigenvalue weighted by atomic mass is 15.3. The van der Waals surface area contributed by atoms with Crippen LogP contribution in [0.1, 0.15) is 31.2 Å². The van der Waals surface area contributed by atoms with E-state index in [1.165, 1.54) is 0 Å². The second kappa shape index (κ2) is 4.78. The van der Waals surface area contributed by atoms with Crippen LogP contribution in [0.3, 0.4) is 0 Å². The summed E-state index contributed by atoms with van der Waals surface area (Å²) in [4.78, 5) is 11.4. The summed E-state index contributed by atoms with van der Waals surface area (Å²) in [6, 6.07) is 2.08. The molecule has 0 atom stereocenters. The van der Waals surface area contributed by atoms with Crippen LogP contribution in [0, 0.1) is 6.92 Å². The third kappa shape index (κ3) is 2.50. The van der Waals surface area contributed by atoms with Crippen molar-refractivity contribution in [3.05, 3.63) is 17.5 Å². The van der Waals surface area contributed by atoms with E-state index in [2.05, 4.69) is 40.1 Å². The van der Waals surface area contributed by atoms with Crippen LogP contribution >= 0.6 is 0 Å². The normalized spacial score (nSPS) is 16.9. The molecule has 2 heterocycles. The lowest BCUT2D eigenvalue weighted by atomic mass is 10.1. The van der Waals surface area contributed by atoms with Gasteiger partial charge in [0.25, 0.3) is 0 Å². The molecule has 1 aromatic heterocycles. The van der Waals surface area contributed by atoms with E-state index >= 15 is 0 Å². The summed E-state index contributed by atoms with van der Waals surface area (Å²) in [5.74, 6) is 1.36. The summed E-state index contributed by atoms with van der Waals surface area (Å²) < 4.78 is 0. The predicted octanol–water partition coefficient (Wildman–Crippen LogP) is 1.32. The van der Waals surface area contributed by atoms with Gasteiger partial charge in [-0.15, -0.1) is 0 Å². The van der Waals surface area contributed by atoms with Gasteiger partial charge in [-0.25, -0.2) is 9.97 Å². The van der Waals surface area contributed by atoms with Gasteiger partial charge >= 0.3 is 0 Å². The lowest BCUT2D eigenvalue weighted by Gasteiger charge is -2.28. The summed E-state index contributed by atoms with van der Waals surface area (Å²) >= 11 is 0. The zero-order valence-electron chi connectivity index (χ0n) is 10.3. The Kier molecular flexibility index (Phi) is 3.39. The largest absolute Gasteiger partial charge is 0.338 e. The summed E-state index contributed by atoms with van der Waals surface area (Å²) in [6.07, 6.45) is 0. The van der Waals surface area contributed by atoms with Crippen LogP contribution in [-0.4, -0.2) is 36.1 Å². The number of aromatic nitrogens is 2. The van der Waals surface area contributed by atoms with Crippen molar-refractivity contribution >= 4 is 5.95 Å². The van der Waals surface area contributed by atoms with Crippen LogP contribution in [0.2, 0.25) is 0 Å². The van der Waals surface area contributed by atoms with E-state index in [1.807, 2.05) is 6.92 Å².